The summed E-state index contributed by atoms with van der Waals surface area (Å²) in [5.41, 5.74) is 0.204. The second kappa shape index (κ2) is 5.42. The lowest BCUT2D eigenvalue weighted by Crippen LogP contribution is -2.18. The van der Waals surface area contributed by atoms with Crippen molar-refractivity contribution in [3.05, 3.63) is 42.0 Å². The Morgan fingerprint density at radius 2 is 2.37 bits per heavy atom. The zero-order chi connectivity index (χ0) is 13.7. The molecule has 0 amide bonds. The Bertz CT molecular complexity index is 633. The highest BCUT2D eigenvalue weighted by Crippen LogP contribution is 2.31. The van der Waals surface area contributed by atoms with Crippen LogP contribution in [0.15, 0.2) is 36.2 Å². The van der Waals surface area contributed by atoms with Crippen LogP contribution >= 0.6 is 0 Å². The van der Waals surface area contributed by atoms with Gasteiger partial charge in [-0.2, -0.15) is 0 Å². The molecule has 2 rings (SSSR count). The quantitative estimate of drug-likeness (QED) is 0.818. The molecule has 3 nitrogen and oxygen atoms in total. The highest BCUT2D eigenvalue weighted by Gasteiger charge is 2.25. The standard InChI is InChI=1S/C16H14N2O/c1-3-16(9-7-14(19)13(2)12-16)8-5-4-6-15-17-10-11-18-15/h1,7,9-12H,5,8H2,2H3,(H,17,18). The maximum Gasteiger partial charge on any atom is 0.182 e. The largest absolute Gasteiger partial charge is 0.338 e. The molecule has 1 aromatic heterocycles. The van der Waals surface area contributed by atoms with Crippen LogP contribution in [0.3, 0.4) is 0 Å². The molecule has 1 aliphatic rings. The van der Waals surface area contributed by atoms with Gasteiger partial charge in [0, 0.05) is 18.8 Å². The molecule has 1 atom stereocenters. The van der Waals surface area contributed by atoms with Gasteiger partial charge < -0.3 is 4.98 Å². The van der Waals surface area contributed by atoms with E-state index in [1.807, 2.05) is 6.08 Å². The Morgan fingerprint density at radius 3 is 3.00 bits per heavy atom. The predicted octanol–water partition coefficient (Wildman–Crippen LogP) is 2.25. The van der Waals surface area contributed by atoms with Crippen LogP contribution in [0, 0.1) is 29.6 Å². The summed E-state index contributed by atoms with van der Waals surface area (Å²) >= 11 is 0. The van der Waals surface area contributed by atoms with Gasteiger partial charge in [-0.3, -0.25) is 4.79 Å². The Labute approximate surface area is 112 Å². The summed E-state index contributed by atoms with van der Waals surface area (Å²) in [5, 5.41) is 0. The van der Waals surface area contributed by atoms with E-state index in [0.29, 0.717) is 24.2 Å². The first-order chi connectivity index (χ1) is 9.15. The number of terminal acetylenes is 1. The van der Waals surface area contributed by atoms with E-state index < -0.39 is 5.41 Å². The van der Waals surface area contributed by atoms with Gasteiger partial charge in [-0.15, -0.1) is 6.42 Å². The lowest BCUT2D eigenvalue weighted by atomic mass is 9.78. The summed E-state index contributed by atoms with van der Waals surface area (Å²) < 4.78 is 0. The first-order valence-electron chi connectivity index (χ1n) is 6.04. The summed E-state index contributed by atoms with van der Waals surface area (Å²) in [6.07, 6.45) is 15.5. The molecule has 1 N–H and O–H groups in total. The van der Waals surface area contributed by atoms with Crippen molar-refractivity contribution in [3.63, 3.8) is 0 Å². The number of carbonyl (C=O) groups excluding carboxylic acids is 1. The Kier molecular flexibility index (Phi) is 3.68. The third-order valence-electron chi connectivity index (χ3n) is 3.03. The molecule has 0 spiro atoms. The van der Waals surface area contributed by atoms with E-state index in [2.05, 4.69) is 27.7 Å². The van der Waals surface area contributed by atoms with Gasteiger partial charge in [-0.25, -0.2) is 4.98 Å². The van der Waals surface area contributed by atoms with E-state index in [1.54, 1.807) is 31.5 Å². The number of rotatable bonds is 2. The highest BCUT2D eigenvalue weighted by atomic mass is 16.1. The number of hydrogen-bond donors (Lipinski definition) is 1. The predicted molar refractivity (Wildman–Crippen MR) is 73.9 cm³/mol. The summed E-state index contributed by atoms with van der Waals surface area (Å²) in [5.74, 6) is 9.39. The van der Waals surface area contributed by atoms with E-state index in [-0.39, 0.29) is 5.78 Å². The van der Waals surface area contributed by atoms with Crippen molar-refractivity contribution >= 4 is 5.78 Å². The first-order valence-corrected chi connectivity index (χ1v) is 6.04. The van der Waals surface area contributed by atoms with Crippen molar-refractivity contribution in [2.75, 3.05) is 0 Å². The molecule has 1 unspecified atom stereocenters. The lowest BCUT2D eigenvalue weighted by molar-refractivity contribution is -0.111. The number of carbonyl (C=O) groups is 1. The number of aromatic amines is 1. The van der Waals surface area contributed by atoms with Crippen LogP contribution in [0.2, 0.25) is 0 Å². The second-order valence-corrected chi connectivity index (χ2v) is 4.45. The van der Waals surface area contributed by atoms with Crippen molar-refractivity contribution in [1.82, 2.24) is 9.97 Å². The number of aromatic nitrogens is 2. The molecule has 3 heteroatoms. The Balaban J connectivity index is 2.03. The average molecular weight is 250 g/mol. The SMILES string of the molecule is C#CC1(CCC#Cc2ncc[nH]2)C=CC(=O)C(C)=C1. The molecule has 0 saturated heterocycles. The molecule has 0 saturated carbocycles. The molecule has 0 bridgehead atoms. The van der Waals surface area contributed by atoms with Gasteiger partial charge in [0.1, 0.15) is 0 Å². The number of ketones is 1. The van der Waals surface area contributed by atoms with E-state index in [0.717, 1.165) is 0 Å². The third-order valence-corrected chi connectivity index (χ3v) is 3.03. The maximum absolute atomic E-state index is 11.4. The zero-order valence-electron chi connectivity index (χ0n) is 10.7. The van der Waals surface area contributed by atoms with Gasteiger partial charge in [-0.1, -0.05) is 24.0 Å². The van der Waals surface area contributed by atoms with E-state index in [4.69, 9.17) is 6.42 Å². The van der Waals surface area contributed by atoms with Crippen LogP contribution in [0.25, 0.3) is 0 Å². The average Bonchev–Trinajstić information content (AvgIpc) is 2.92. The molecule has 0 aliphatic heterocycles. The van der Waals surface area contributed by atoms with E-state index in [9.17, 15) is 4.79 Å². The lowest BCUT2D eigenvalue weighted by Gasteiger charge is -2.23. The summed E-state index contributed by atoms with van der Waals surface area (Å²) in [6.45, 7) is 1.78. The van der Waals surface area contributed by atoms with Crippen molar-refractivity contribution in [1.29, 1.82) is 0 Å². The molecule has 0 radical (unpaired) electrons. The molecular weight excluding hydrogens is 236 g/mol. The van der Waals surface area contributed by atoms with Crippen LogP contribution in [-0.4, -0.2) is 15.8 Å². The Morgan fingerprint density at radius 1 is 1.53 bits per heavy atom. The van der Waals surface area contributed by atoms with Gasteiger partial charge in [0.2, 0.25) is 0 Å². The van der Waals surface area contributed by atoms with Gasteiger partial charge >= 0.3 is 0 Å². The topological polar surface area (TPSA) is 45.8 Å². The number of nitrogens with one attached hydrogen (secondary N) is 1. The second-order valence-electron chi connectivity index (χ2n) is 4.45. The van der Waals surface area contributed by atoms with Gasteiger partial charge in [-0.05, 0) is 30.9 Å². The minimum Gasteiger partial charge on any atom is -0.338 e. The smallest absolute Gasteiger partial charge is 0.182 e. The molecule has 0 aromatic carbocycles. The Hall–Kier alpha value is -2.52. The summed E-state index contributed by atoms with van der Waals surface area (Å²) in [4.78, 5) is 18.4. The van der Waals surface area contributed by atoms with E-state index >= 15 is 0 Å². The third kappa shape index (κ3) is 3.03. The number of H-pyrrole nitrogens is 1. The fraction of sp³-hybridized carbons (Fsp3) is 0.250. The van der Waals surface area contributed by atoms with Crippen molar-refractivity contribution in [2.45, 2.75) is 19.8 Å². The van der Waals surface area contributed by atoms with Gasteiger partial charge in [0.05, 0.1) is 5.41 Å². The van der Waals surface area contributed by atoms with E-state index in [1.165, 1.54) is 0 Å². The van der Waals surface area contributed by atoms with Crippen LogP contribution in [0.1, 0.15) is 25.6 Å². The zero-order valence-corrected chi connectivity index (χ0v) is 10.7. The minimum absolute atomic E-state index is 0.0209. The van der Waals surface area contributed by atoms with Crippen LogP contribution in [0.4, 0.5) is 0 Å². The first kappa shape index (κ1) is 12.9. The highest BCUT2D eigenvalue weighted by molar-refractivity contribution is 6.04. The van der Waals surface area contributed by atoms with Crippen LogP contribution < -0.4 is 0 Å². The monoisotopic (exact) mass is 250 g/mol. The number of imidazole rings is 1. The molecule has 1 aliphatic carbocycles. The van der Waals surface area contributed by atoms with Crippen molar-refractivity contribution < 1.29 is 4.79 Å². The normalized spacial score (nSPS) is 21.3. The molecule has 19 heavy (non-hydrogen) atoms. The molecule has 94 valence electrons. The fourth-order valence-electron chi connectivity index (χ4n) is 1.93. The van der Waals surface area contributed by atoms with Crippen LogP contribution in [0.5, 0.6) is 0 Å². The molecule has 1 heterocycles. The van der Waals surface area contributed by atoms with Crippen molar-refractivity contribution in [2.24, 2.45) is 5.41 Å². The number of nitrogens with zero attached hydrogens (tertiary/aromatic N) is 1. The summed E-state index contributed by atoms with van der Waals surface area (Å²) in [7, 11) is 0. The molecule has 1 aromatic rings. The fourth-order valence-corrected chi connectivity index (χ4v) is 1.93. The van der Waals surface area contributed by atoms with Gasteiger partial charge in [0.15, 0.2) is 11.6 Å². The summed E-state index contributed by atoms with van der Waals surface area (Å²) in [6, 6.07) is 0. The number of allylic oxidation sites excluding steroid dienone is 4. The number of hydrogen-bond acceptors (Lipinski definition) is 2. The van der Waals surface area contributed by atoms with Gasteiger partial charge in [0.25, 0.3) is 0 Å². The van der Waals surface area contributed by atoms with Crippen molar-refractivity contribution in [3.8, 4) is 24.2 Å². The maximum atomic E-state index is 11.4. The molecule has 0 fully saturated rings. The van der Waals surface area contributed by atoms with Crippen LogP contribution in [-0.2, 0) is 4.79 Å². The molecular formula is C16H14N2O. The minimum atomic E-state index is -0.490.